The molecule has 0 saturated carbocycles. The van der Waals surface area contributed by atoms with Crippen LogP contribution in [0.3, 0.4) is 0 Å². The molecule has 0 saturated heterocycles. The second kappa shape index (κ2) is 5.30. The zero-order chi connectivity index (χ0) is 10.6. The number of nitrogens with two attached hydrogens (primary N) is 1. The predicted octanol–water partition coefficient (Wildman–Crippen LogP) is 4.05. The van der Waals surface area contributed by atoms with Gasteiger partial charge in [-0.1, -0.05) is 37.0 Å². The van der Waals surface area contributed by atoms with Crippen LogP contribution in [0.15, 0.2) is 6.07 Å². The fraction of sp³-hybridized carbons (Fsp3) is 0.333. The molecule has 0 fully saturated rings. The van der Waals surface area contributed by atoms with E-state index in [-0.39, 0.29) is 21.3 Å². The van der Waals surface area contributed by atoms with Crippen LogP contribution in [0.25, 0.3) is 0 Å². The molecule has 0 unspecified atom stereocenters. The largest absolute Gasteiger partial charge is 0.396 e. The first kappa shape index (κ1) is 12.5. The second-order valence-corrected chi connectivity index (χ2v) is 2.99. The van der Waals surface area contributed by atoms with Gasteiger partial charge in [0, 0.05) is 5.56 Å². The highest BCUT2D eigenvalue weighted by Gasteiger charge is 2.09. The van der Waals surface area contributed by atoms with E-state index < -0.39 is 5.82 Å². The third kappa shape index (κ3) is 2.75. The number of hydrogen-bond acceptors (Lipinski definition) is 1. The maximum Gasteiger partial charge on any atom is 0.150 e. The van der Waals surface area contributed by atoms with Gasteiger partial charge in [0.15, 0.2) is 5.82 Å². The molecule has 0 amide bonds. The third-order valence-corrected chi connectivity index (χ3v) is 2.29. The van der Waals surface area contributed by atoms with Gasteiger partial charge < -0.3 is 5.73 Å². The summed E-state index contributed by atoms with van der Waals surface area (Å²) < 4.78 is 12.9. The van der Waals surface area contributed by atoms with E-state index in [4.69, 9.17) is 28.9 Å². The first-order chi connectivity index (χ1) is 6.04. The Labute approximate surface area is 87.6 Å². The average Bonchev–Trinajstić information content (AvgIpc) is 2.15. The number of nitrogen functional groups attached to an aromatic ring is 1. The van der Waals surface area contributed by atoms with Crippen molar-refractivity contribution in [1.82, 2.24) is 0 Å². The molecular weight excluding hydrogens is 212 g/mol. The van der Waals surface area contributed by atoms with Crippen LogP contribution in [0.2, 0.25) is 10.0 Å². The molecule has 0 radical (unpaired) electrons. The average molecular weight is 224 g/mol. The summed E-state index contributed by atoms with van der Waals surface area (Å²) >= 11 is 11.2. The number of hydrogen-bond donors (Lipinski definition) is 1. The molecular formula is C9H12Cl2FN. The second-order valence-electron chi connectivity index (χ2n) is 2.20. The summed E-state index contributed by atoms with van der Waals surface area (Å²) in [7, 11) is 0. The monoisotopic (exact) mass is 223 g/mol. The van der Waals surface area contributed by atoms with Crippen LogP contribution >= 0.6 is 23.2 Å². The van der Waals surface area contributed by atoms with E-state index in [0.29, 0.717) is 0 Å². The zero-order valence-corrected chi connectivity index (χ0v) is 9.30. The van der Waals surface area contributed by atoms with Crippen molar-refractivity contribution in [3.05, 3.63) is 27.5 Å². The molecule has 1 rings (SSSR count). The molecule has 13 heavy (non-hydrogen) atoms. The van der Waals surface area contributed by atoms with Gasteiger partial charge in [-0.3, -0.25) is 0 Å². The lowest BCUT2D eigenvalue weighted by Gasteiger charge is -2.04. The Morgan fingerprint density at radius 2 is 1.77 bits per heavy atom. The lowest BCUT2D eigenvalue weighted by molar-refractivity contribution is 0.623. The van der Waals surface area contributed by atoms with Gasteiger partial charge in [-0.05, 0) is 13.0 Å². The summed E-state index contributed by atoms with van der Waals surface area (Å²) in [6.45, 7) is 5.53. The molecule has 1 aromatic carbocycles. The number of rotatable bonds is 0. The van der Waals surface area contributed by atoms with Gasteiger partial charge >= 0.3 is 0 Å². The Bertz CT molecular complexity index is 274. The molecule has 2 N–H and O–H groups in total. The fourth-order valence-corrected chi connectivity index (χ4v) is 1.15. The van der Waals surface area contributed by atoms with Crippen molar-refractivity contribution >= 4 is 28.9 Å². The molecule has 4 heteroatoms. The Balaban J connectivity index is 0.000000671. The van der Waals surface area contributed by atoms with Crippen LogP contribution in [0, 0.1) is 12.7 Å². The van der Waals surface area contributed by atoms with Crippen LogP contribution < -0.4 is 5.73 Å². The number of benzene rings is 1. The van der Waals surface area contributed by atoms with Crippen LogP contribution in [0.4, 0.5) is 10.1 Å². The number of halogens is 3. The summed E-state index contributed by atoms with van der Waals surface area (Å²) in [6, 6.07) is 1.30. The third-order valence-electron chi connectivity index (χ3n) is 1.40. The smallest absolute Gasteiger partial charge is 0.150 e. The van der Waals surface area contributed by atoms with E-state index in [1.54, 1.807) is 0 Å². The van der Waals surface area contributed by atoms with Gasteiger partial charge in [0.05, 0.1) is 15.7 Å². The molecule has 0 heterocycles. The maximum absolute atomic E-state index is 12.9. The summed E-state index contributed by atoms with van der Waals surface area (Å²) in [5, 5.41) is 0.501. The van der Waals surface area contributed by atoms with E-state index in [1.807, 2.05) is 13.8 Å². The van der Waals surface area contributed by atoms with Crippen molar-refractivity contribution in [3.63, 3.8) is 0 Å². The molecule has 0 bridgehead atoms. The first-order valence-electron chi connectivity index (χ1n) is 3.93. The maximum atomic E-state index is 12.9. The van der Waals surface area contributed by atoms with Crippen LogP contribution in [-0.4, -0.2) is 0 Å². The van der Waals surface area contributed by atoms with E-state index in [0.717, 1.165) is 0 Å². The van der Waals surface area contributed by atoms with Crippen LogP contribution in [0.1, 0.15) is 19.4 Å². The predicted molar refractivity (Wildman–Crippen MR) is 56.9 cm³/mol. The van der Waals surface area contributed by atoms with Crippen molar-refractivity contribution in [3.8, 4) is 0 Å². The van der Waals surface area contributed by atoms with Gasteiger partial charge in [0.1, 0.15) is 0 Å². The molecule has 0 aliphatic carbocycles. The summed E-state index contributed by atoms with van der Waals surface area (Å²) in [6.07, 6.45) is 0. The summed E-state index contributed by atoms with van der Waals surface area (Å²) in [4.78, 5) is 0. The molecule has 74 valence electrons. The normalized spacial score (nSPS) is 9.08. The highest BCUT2D eigenvalue weighted by Crippen LogP contribution is 2.30. The van der Waals surface area contributed by atoms with Crippen LogP contribution in [-0.2, 0) is 0 Å². The van der Waals surface area contributed by atoms with Crippen molar-refractivity contribution in [2.24, 2.45) is 0 Å². The van der Waals surface area contributed by atoms with Gasteiger partial charge in [0.25, 0.3) is 0 Å². The lowest BCUT2D eigenvalue weighted by Crippen LogP contribution is -1.94. The van der Waals surface area contributed by atoms with E-state index in [2.05, 4.69) is 0 Å². The highest BCUT2D eigenvalue weighted by atomic mass is 35.5. The topological polar surface area (TPSA) is 26.0 Å². The minimum Gasteiger partial charge on any atom is -0.396 e. The highest BCUT2D eigenvalue weighted by molar-refractivity contribution is 6.42. The van der Waals surface area contributed by atoms with E-state index >= 15 is 0 Å². The first-order valence-corrected chi connectivity index (χ1v) is 4.69. The summed E-state index contributed by atoms with van der Waals surface area (Å²) in [5.41, 5.74) is 5.59. The minimum absolute atomic E-state index is 0.0249. The van der Waals surface area contributed by atoms with Gasteiger partial charge in [0.2, 0.25) is 0 Å². The fourth-order valence-electron chi connectivity index (χ4n) is 0.755. The molecule has 0 aliphatic heterocycles. The molecule has 1 aromatic rings. The quantitative estimate of drug-likeness (QED) is 0.522. The summed E-state index contributed by atoms with van der Waals surface area (Å²) in [5.74, 6) is -0.501. The Morgan fingerprint density at radius 3 is 2.23 bits per heavy atom. The van der Waals surface area contributed by atoms with Crippen molar-refractivity contribution < 1.29 is 4.39 Å². The van der Waals surface area contributed by atoms with Crippen molar-refractivity contribution in [2.75, 3.05) is 5.73 Å². The zero-order valence-electron chi connectivity index (χ0n) is 7.79. The van der Waals surface area contributed by atoms with Crippen molar-refractivity contribution in [2.45, 2.75) is 20.8 Å². The Hall–Kier alpha value is -0.470. The molecule has 0 spiro atoms. The standard InChI is InChI=1S/C7H6Cl2FN.C2H6/c1-3-6(9)4(8)2-5(11)7(3)10;1-2/h2H,11H2,1H3;1-2H3. The molecule has 0 aliphatic rings. The Morgan fingerprint density at radius 1 is 1.31 bits per heavy atom. The van der Waals surface area contributed by atoms with Crippen LogP contribution in [0.5, 0.6) is 0 Å². The SMILES string of the molecule is CC.Cc1c(F)c(N)cc(Cl)c1Cl. The minimum atomic E-state index is -0.501. The van der Waals surface area contributed by atoms with Gasteiger partial charge in [-0.2, -0.15) is 0 Å². The molecule has 0 aromatic heterocycles. The van der Waals surface area contributed by atoms with E-state index in [9.17, 15) is 4.39 Å². The van der Waals surface area contributed by atoms with Crippen molar-refractivity contribution in [1.29, 1.82) is 0 Å². The Kier molecular flexibility index (Phi) is 5.11. The molecule has 0 atom stereocenters. The number of anilines is 1. The lowest BCUT2D eigenvalue weighted by atomic mass is 10.2. The van der Waals surface area contributed by atoms with Gasteiger partial charge in [-0.25, -0.2) is 4.39 Å². The van der Waals surface area contributed by atoms with E-state index in [1.165, 1.54) is 13.0 Å². The molecule has 1 nitrogen and oxygen atoms in total. The van der Waals surface area contributed by atoms with Gasteiger partial charge in [-0.15, -0.1) is 0 Å².